The summed E-state index contributed by atoms with van der Waals surface area (Å²) in [6.45, 7) is 7.64. The summed E-state index contributed by atoms with van der Waals surface area (Å²) in [5.74, 6) is -0.789. The lowest BCUT2D eigenvalue weighted by Gasteiger charge is -2.32. The van der Waals surface area contributed by atoms with E-state index in [1.807, 2.05) is 36.9 Å². The zero-order chi connectivity index (χ0) is 21.6. The molecule has 6 heteroatoms. The van der Waals surface area contributed by atoms with Crippen LogP contribution in [0.2, 0.25) is 5.02 Å². The lowest BCUT2D eigenvalue weighted by molar-refractivity contribution is -0.120. The summed E-state index contributed by atoms with van der Waals surface area (Å²) in [7, 11) is 0. The highest BCUT2D eigenvalue weighted by Crippen LogP contribution is 2.37. The maximum absolute atomic E-state index is 13.7. The van der Waals surface area contributed by atoms with Crippen molar-refractivity contribution in [2.75, 3.05) is 18.0 Å². The standard InChI is InChI=1S/C24H24ClFN2O2/c1-14-8-10-27(11-9-14)22-21(17-5-4-15(2)16(3)12-17)23(29)28(24(22)30)18-6-7-20(26)19(25)13-18/h4-7,12-14H,8-11H2,1-3H3. The van der Waals surface area contributed by atoms with Gasteiger partial charge in [-0.25, -0.2) is 9.29 Å². The Hall–Kier alpha value is -2.66. The normalized spacial score (nSPS) is 18.0. The van der Waals surface area contributed by atoms with Crippen molar-refractivity contribution >= 4 is 34.7 Å². The van der Waals surface area contributed by atoms with Crippen LogP contribution in [0.15, 0.2) is 42.1 Å². The molecule has 0 spiro atoms. The first-order valence-electron chi connectivity index (χ1n) is 10.2. The van der Waals surface area contributed by atoms with Gasteiger partial charge in [-0.15, -0.1) is 0 Å². The Morgan fingerprint density at radius 1 is 0.967 bits per heavy atom. The van der Waals surface area contributed by atoms with Gasteiger partial charge in [0.2, 0.25) is 0 Å². The van der Waals surface area contributed by atoms with E-state index in [0.29, 0.717) is 17.2 Å². The Morgan fingerprint density at radius 2 is 1.67 bits per heavy atom. The Balaban J connectivity index is 1.83. The molecule has 0 atom stereocenters. The van der Waals surface area contributed by atoms with Crippen LogP contribution in [0.25, 0.3) is 5.57 Å². The number of benzene rings is 2. The molecule has 30 heavy (non-hydrogen) atoms. The monoisotopic (exact) mass is 426 g/mol. The predicted octanol–water partition coefficient (Wildman–Crippen LogP) is 5.11. The zero-order valence-corrected chi connectivity index (χ0v) is 18.1. The predicted molar refractivity (Wildman–Crippen MR) is 117 cm³/mol. The number of hydrogen-bond acceptors (Lipinski definition) is 3. The number of anilines is 1. The van der Waals surface area contributed by atoms with Gasteiger partial charge in [0.15, 0.2) is 0 Å². The number of likely N-dealkylation sites (tertiary alicyclic amines) is 1. The highest BCUT2D eigenvalue weighted by atomic mass is 35.5. The van der Waals surface area contributed by atoms with Gasteiger partial charge in [-0.2, -0.15) is 0 Å². The minimum absolute atomic E-state index is 0.124. The Morgan fingerprint density at radius 3 is 2.30 bits per heavy atom. The number of hydrogen-bond donors (Lipinski definition) is 0. The van der Waals surface area contributed by atoms with Gasteiger partial charge in [0.05, 0.1) is 16.3 Å². The summed E-state index contributed by atoms with van der Waals surface area (Å²) >= 11 is 5.93. The fraction of sp³-hybridized carbons (Fsp3) is 0.333. The molecular weight excluding hydrogens is 403 g/mol. The molecule has 156 valence electrons. The minimum atomic E-state index is -0.591. The average Bonchev–Trinajstić information content (AvgIpc) is 2.97. The first-order chi connectivity index (χ1) is 14.3. The van der Waals surface area contributed by atoms with E-state index in [4.69, 9.17) is 11.6 Å². The first-order valence-corrected chi connectivity index (χ1v) is 10.6. The zero-order valence-electron chi connectivity index (χ0n) is 17.3. The molecule has 0 N–H and O–H groups in total. The van der Waals surface area contributed by atoms with Crippen molar-refractivity contribution in [3.63, 3.8) is 0 Å². The van der Waals surface area contributed by atoms with Crippen LogP contribution in [0.1, 0.15) is 36.5 Å². The van der Waals surface area contributed by atoms with Gasteiger partial charge in [0.25, 0.3) is 11.8 Å². The molecule has 0 unspecified atom stereocenters. The molecule has 0 radical (unpaired) electrons. The van der Waals surface area contributed by atoms with E-state index in [1.165, 1.54) is 18.2 Å². The molecule has 2 aliphatic heterocycles. The molecule has 2 aromatic carbocycles. The molecule has 2 aliphatic rings. The molecule has 2 heterocycles. The van der Waals surface area contributed by atoms with Crippen molar-refractivity contribution in [2.24, 2.45) is 5.92 Å². The van der Waals surface area contributed by atoms with Gasteiger partial charge in [-0.3, -0.25) is 9.59 Å². The third-order valence-electron chi connectivity index (χ3n) is 6.12. The summed E-state index contributed by atoms with van der Waals surface area (Å²) in [5, 5.41) is -0.124. The van der Waals surface area contributed by atoms with Crippen LogP contribution in [0.3, 0.4) is 0 Å². The molecule has 1 fully saturated rings. The smallest absolute Gasteiger partial charge is 0.282 e. The van der Waals surface area contributed by atoms with E-state index in [1.54, 1.807) is 0 Å². The molecule has 0 aromatic heterocycles. The van der Waals surface area contributed by atoms with Gasteiger partial charge in [-0.1, -0.05) is 36.7 Å². The second-order valence-electron chi connectivity index (χ2n) is 8.24. The molecule has 4 nitrogen and oxygen atoms in total. The molecule has 0 saturated carbocycles. The Bertz CT molecular complexity index is 1070. The highest BCUT2D eigenvalue weighted by Gasteiger charge is 2.43. The molecule has 1 saturated heterocycles. The molecule has 0 aliphatic carbocycles. The van der Waals surface area contributed by atoms with Gasteiger partial charge >= 0.3 is 0 Å². The van der Waals surface area contributed by atoms with Crippen LogP contribution in [0, 0.1) is 25.6 Å². The molecule has 4 rings (SSSR count). The van der Waals surface area contributed by atoms with E-state index >= 15 is 0 Å². The number of aryl methyl sites for hydroxylation is 2. The van der Waals surface area contributed by atoms with Crippen LogP contribution in [-0.4, -0.2) is 29.8 Å². The summed E-state index contributed by atoms with van der Waals surface area (Å²) in [6.07, 6.45) is 1.93. The van der Waals surface area contributed by atoms with Crippen molar-refractivity contribution in [1.29, 1.82) is 0 Å². The van der Waals surface area contributed by atoms with Crippen molar-refractivity contribution in [1.82, 2.24) is 4.90 Å². The molecule has 2 amide bonds. The topological polar surface area (TPSA) is 40.6 Å². The highest BCUT2D eigenvalue weighted by molar-refractivity contribution is 6.45. The van der Waals surface area contributed by atoms with Crippen molar-refractivity contribution in [2.45, 2.75) is 33.6 Å². The van der Waals surface area contributed by atoms with Crippen molar-refractivity contribution in [3.8, 4) is 0 Å². The van der Waals surface area contributed by atoms with Crippen LogP contribution < -0.4 is 4.90 Å². The van der Waals surface area contributed by atoms with E-state index in [-0.39, 0.29) is 16.6 Å². The number of piperidine rings is 1. The largest absolute Gasteiger partial charge is 0.366 e. The number of carbonyl (C=O) groups is 2. The maximum Gasteiger partial charge on any atom is 0.282 e. The fourth-order valence-electron chi connectivity index (χ4n) is 4.06. The number of carbonyl (C=O) groups excluding carboxylic acids is 2. The second-order valence-corrected chi connectivity index (χ2v) is 8.64. The molecular formula is C24H24ClFN2O2. The molecule has 2 aromatic rings. The summed E-state index contributed by atoms with van der Waals surface area (Å²) < 4.78 is 13.7. The number of amides is 2. The van der Waals surface area contributed by atoms with E-state index in [2.05, 4.69) is 6.92 Å². The summed E-state index contributed by atoms with van der Waals surface area (Å²) in [5.41, 5.74) is 3.99. The second kappa shape index (κ2) is 7.88. The summed E-state index contributed by atoms with van der Waals surface area (Å²) in [6, 6.07) is 9.71. The van der Waals surface area contributed by atoms with Gasteiger partial charge < -0.3 is 4.90 Å². The Labute approximate surface area is 180 Å². The third-order valence-corrected chi connectivity index (χ3v) is 6.41. The minimum Gasteiger partial charge on any atom is -0.366 e. The fourth-order valence-corrected chi connectivity index (χ4v) is 4.23. The average molecular weight is 427 g/mol. The Kier molecular flexibility index (Phi) is 5.41. The maximum atomic E-state index is 13.7. The number of rotatable bonds is 3. The van der Waals surface area contributed by atoms with Crippen molar-refractivity contribution < 1.29 is 14.0 Å². The van der Waals surface area contributed by atoms with Gasteiger partial charge in [0.1, 0.15) is 11.5 Å². The number of imide groups is 1. The first kappa shape index (κ1) is 20.6. The molecule has 0 bridgehead atoms. The van der Waals surface area contributed by atoms with E-state index in [0.717, 1.165) is 47.5 Å². The van der Waals surface area contributed by atoms with Gasteiger partial charge in [-0.05, 0) is 67.5 Å². The quantitative estimate of drug-likeness (QED) is 0.640. The van der Waals surface area contributed by atoms with Crippen LogP contribution in [0.5, 0.6) is 0 Å². The summed E-state index contributed by atoms with van der Waals surface area (Å²) in [4.78, 5) is 30.1. The lowest BCUT2D eigenvalue weighted by Crippen LogP contribution is -2.38. The lowest BCUT2D eigenvalue weighted by atomic mass is 9.96. The van der Waals surface area contributed by atoms with Crippen molar-refractivity contribution in [3.05, 3.63) is 69.6 Å². The van der Waals surface area contributed by atoms with Crippen LogP contribution in [0.4, 0.5) is 10.1 Å². The third kappa shape index (κ3) is 3.52. The number of nitrogens with zero attached hydrogens (tertiary/aromatic N) is 2. The van der Waals surface area contributed by atoms with Crippen LogP contribution >= 0.6 is 11.6 Å². The van der Waals surface area contributed by atoms with E-state index < -0.39 is 11.7 Å². The van der Waals surface area contributed by atoms with Crippen LogP contribution in [-0.2, 0) is 9.59 Å². The van der Waals surface area contributed by atoms with Gasteiger partial charge in [0, 0.05) is 13.1 Å². The number of halogens is 2. The van der Waals surface area contributed by atoms with E-state index in [9.17, 15) is 14.0 Å². The SMILES string of the molecule is Cc1ccc(C2=C(N3CCC(C)CC3)C(=O)N(c3ccc(F)c(Cl)c3)C2=O)cc1C.